The Kier molecular flexibility index (Phi) is 4.78. The highest BCUT2D eigenvalue weighted by atomic mass is 79.9. The molecule has 6 nitrogen and oxygen atoms in total. The van der Waals surface area contributed by atoms with Gasteiger partial charge in [-0.05, 0) is 22.0 Å². The van der Waals surface area contributed by atoms with Crippen LogP contribution in [0.3, 0.4) is 0 Å². The minimum Gasteiger partial charge on any atom is -0.394 e. The predicted molar refractivity (Wildman–Crippen MR) is 73.4 cm³/mol. The van der Waals surface area contributed by atoms with Crippen molar-refractivity contribution in [1.82, 2.24) is 15.0 Å². The molecule has 0 aliphatic heterocycles. The molecule has 2 aromatic heterocycles. The van der Waals surface area contributed by atoms with Gasteiger partial charge in [0.1, 0.15) is 6.10 Å². The first-order valence-corrected chi connectivity index (χ1v) is 6.43. The molecule has 3 N–H and O–H groups in total. The molecule has 0 saturated carbocycles. The number of nitrogens with zero attached hydrogens (tertiary/aromatic N) is 3. The lowest BCUT2D eigenvalue weighted by Crippen LogP contribution is -2.32. The smallest absolute Gasteiger partial charge is 0.223 e. The van der Waals surface area contributed by atoms with Crippen LogP contribution in [-0.2, 0) is 0 Å². The molecule has 0 aliphatic carbocycles. The van der Waals surface area contributed by atoms with Crippen molar-refractivity contribution in [2.45, 2.75) is 12.1 Å². The molecule has 2 rings (SSSR count). The van der Waals surface area contributed by atoms with Crippen LogP contribution < -0.4 is 5.32 Å². The average molecular weight is 325 g/mol. The van der Waals surface area contributed by atoms with E-state index in [4.69, 9.17) is 0 Å². The van der Waals surface area contributed by atoms with Gasteiger partial charge in [-0.1, -0.05) is 6.07 Å². The summed E-state index contributed by atoms with van der Waals surface area (Å²) >= 11 is 3.23. The van der Waals surface area contributed by atoms with E-state index in [0.717, 1.165) is 4.47 Å². The zero-order valence-corrected chi connectivity index (χ0v) is 11.5. The standard InChI is InChI=1S/C12H13BrN4O2/c13-9-5-15-12(16-6-9)17-10(7-18)11(19)8-2-1-3-14-4-8/h1-6,10-11,18-19H,7H2,(H,15,16,17)/t10-,11-/m1/s1. The first kappa shape index (κ1) is 13.9. The van der Waals surface area contributed by atoms with E-state index in [1.807, 2.05) is 0 Å². The van der Waals surface area contributed by atoms with Crippen LogP contribution in [-0.4, -0.2) is 37.8 Å². The van der Waals surface area contributed by atoms with Crippen LogP contribution in [0, 0.1) is 0 Å². The van der Waals surface area contributed by atoms with Gasteiger partial charge in [0.2, 0.25) is 5.95 Å². The summed E-state index contributed by atoms with van der Waals surface area (Å²) < 4.78 is 0.756. The van der Waals surface area contributed by atoms with Gasteiger partial charge < -0.3 is 15.5 Å². The van der Waals surface area contributed by atoms with Crippen molar-refractivity contribution in [3.63, 3.8) is 0 Å². The summed E-state index contributed by atoms with van der Waals surface area (Å²) in [5, 5.41) is 22.4. The molecule has 19 heavy (non-hydrogen) atoms. The summed E-state index contributed by atoms with van der Waals surface area (Å²) in [4.78, 5) is 12.0. The quantitative estimate of drug-likeness (QED) is 0.764. The van der Waals surface area contributed by atoms with E-state index in [-0.39, 0.29) is 6.61 Å². The number of halogens is 1. The number of hydrogen-bond acceptors (Lipinski definition) is 6. The minimum absolute atomic E-state index is 0.254. The fourth-order valence-corrected chi connectivity index (χ4v) is 1.77. The summed E-state index contributed by atoms with van der Waals surface area (Å²) in [5.41, 5.74) is 0.617. The van der Waals surface area contributed by atoms with Crippen LogP contribution in [0.15, 0.2) is 41.4 Å². The van der Waals surface area contributed by atoms with E-state index in [2.05, 4.69) is 36.2 Å². The summed E-state index contributed by atoms with van der Waals surface area (Å²) in [7, 11) is 0. The van der Waals surface area contributed by atoms with Gasteiger partial charge in [-0.2, -0.15) is 0 Å². The molecule has 0 radical (unpaired) electrons. The summed E-state index contributed by atoms with van der Waals surface area (Å²) in [6.45, 7) is -0.254. The third-order valence-corrected chi connectivity index (χ3v) is 2.95. The van der Waals surface area contributed by atoms with Crippen molar-refractivity contribution in [2.75, 3.05) is 11.9 Å². The number of nitrogens with one attached hydrogen (secondary N) is 1. The highest BCUT2D eigenvalue weighted by Gasteiger charge is 2.21. The van der Waals surface area contributed by atoms with Crippen molar-refractivity contribution in [3.05, 3.63) is 47.0 Å². The zero-order chi connectivity index (χ0) is 13.7. The largest absolute Gasteiger partial charge is 0.394 e. The topological polar surface area (TPSA) is 91.2 Å². The lowest BCUT2D eigenvalue weighted by molar-refractivity contribution is 0.118. The van der Waals surface area contributed by atoms with E-state index in [1.165, 1.54) is 0 Å². The van der Waals surface area contributed by atoms with Crippen LogP contribution in [0.1, 0.15) is 11.7 Å². The van der Waals surface area contributed by atoms with E-state index in [0.29, 0.717) is 11.5 Å². The highest BCUT2D eigenvalue weighted by molar-refractivity contribution is 9.10. The molecule has 0 fully saturated rings. The van der Waals surface area contributed by atoms with E-state index >= 15 is 0 Å². The third-order valence-electron chi connectivity index (χ3n) is 2.54. The van der Waals surface area contributed by atoms with Crippen LogP contribution in [0.25, 0.3) is 0 Å². The number of pyridine rings is 1. The van der Waals surface area contributed by atoms with Crippen molar-refractivity contribution in [3.8, 4) is 0 Å². The molecule has 0 bridgehead atoms. The van der Waals surface area contributed by atoms with Crippen LogP contribution >= 0.6 is 15.9 Å². The first-order valence-electron chi connectivity index (χ1n) is 5.63. The van der Waals surface area contributed by atoms with Gasteiger partial charge >= 0.3 is 0 Å². The first-order chi connectivity index (χ1) is 9.20. The van der Waals surface area contributed by atoms with E-state index < -0.39 is 12.1 Å². The highest BCUT2D eigenvalue weighted by Crippen LogP contribution is 2.18. The Hall–Kier alpha value is -1.57. The van der Waals surface area contributed by atoms with Crippen molar-refractivity contribution >= 4 is 21.9 Å². The van der Waals surface area contributed by atoms with Crippen molar-refractivity contribution in [2.24, 2.45) is 0 Å². The number of hydrogen-bond donors (Lipinski definition) is 3. The Morgan fingerprint density at radius 3 is 2.58 bits per heavy atom. The van der Waals surface area contributed by atoms with Gasteiger partial charge in [-0.25, -0.2) is 9.97 Å². The molecule has 0 amide bonds. The number of aliphatic hydroxyl groups excluding tert-OH is 2. The molecule has 2 heterocycles. The fraction of sp³-hybridized carbons (Fsp3) is 0.250. The Labute approximate surface area is 118 Å². The fourth-order valence-electron chi connectivity index (χ4n) is 1.56. The second-order valence-electron chi connectivity index (χ2n) is 3.89. The van der Waals surface area contributed by atoms with Gasteiger partial charge in [0.25, 0.3) is 0 Å². The second kappa shape index (κ2) is 6.55. The monoisotopic (exact) mass is 324 g/mol. The minimum atomic E-state index is -0.897. The average Bonchev–Trinajstić information content (AvgIpc) is 2.47. The van der Waals surface area contributed by atoms with Gasteiger partial charge in [0.15, 0.2) is 0 Å². The lowest BCUT2D eigenvalue weighted by Gasteiger charge is -2.22. The third kappa shape index (κ3) is 3.69. The molecule has 0 aliphatic rings. The van der Waals surface area contributed by atoms with Gasteiger partial charge in [0.05, 0.1) is 17.1 Å². The molecule has 2 atom stereocenters. The maximum Gasteiger partial charge on any atom is 0.223 e. The van der Waals surface area contributed by atoms with Gasteiger partial charge in [-0.15, -0.1) is 0 Å². The van der Waals surface area contributed by atoms with Crippen LogP contribution in [0.2, 0.25) is 0 Å². The van der Waals surface area contributed by atoms with E-state index in [1.54, 1.807) is 36.9 Å². The Morgan fingerprint density at radius 1 is 1.26 bits per heavy atom. The van der Waals surface area contributed by atoms with Gasteiger partial charge in [-0.3, -0.25) is 4.98 Å². The lowest BCUT2D eigenvalue weighted by atomic mass is 10.1. The van der Waals surface area contributed by atoms with Crippen molar-refractivity contribution < 1.29 is 10.2 Å². The normalized spacial score (nSPS) is 13.8. The Morgan fingerprint density at radius 2 is 2.00 bits per heavy atom. The molecule has 0 saturated heterocycles. The molecular formula is C12H13BrN4O2. The number of rotatable bonds is 5. The number of aliphatic hydroxyl groups is 2. The molecule has 100 valence electrons. The number of anilines is 1. The Balaban J connectivity index is 2.10. The molecular weight excluding hydrogens is 312 g/mol. The Bertz CT molecular complexity index is 509. The predicted octanol–water partition coefficient (Wildman–Crippen LogP) is 1.14. The summed E-state index contributed by atoms with van der Waals surface area (Å²) in [6, 6.07) is 2.86. The summed E-state index contributed by atoms with van der Waals surface area (Å²) in [6.07, 6.45) is 5.44. The molecule has 7 heteroatoms. The molecule has 2 aromatic rings. The van der Waals surface area contributed by atoms with Crippen LogP contribution in [0.4, 0.5) is 5.95 Å². The molecule has 0 spiro atoms. The van der Waals surface area contributed by atoms with E-state index in [9.17, 15) is 10.2 Å². The second-order valence-corrected chi connectivity index (χ2v) is 4.81. The van der Waals surface area contributed by atoms with Crippen molar-refractivity contribution in [1.29, 1.82) is 0 Å². The molecule has 0 unspecified atom stereocenters. The van der Waals surface area contributed by atoms with Crippen LogP contribution in [0.5, 0.6) is 0 Å². The molecule has 0 aromatic carbocycles. The zero-order valence-electron chi connectivity index (χ0n) is 9.94. The maximum atomic E-state index is 10.2. The summed E-state index contributed by atoms with van der Waals surface area (Å²) in [5.74, 6) is 0.338. The maximum absolute atomic E-state index is 10.2. The SMILES string of the molecule is OC[C@@H](Nc1ncc(Br)cn1)[C@H](O)c1cccnc1. The number of aromatic nitrogens is 3. The van der Waals surface area contributed by atoms with Gasteiger partial charge in [0, 0.05) is 30.4 Å².